The van der Waals surface area contributed by atoms with E-state index in [2.05, 4.69) is 161 Å². The first-order valence-electron chi connectivity index (χ1n) is 49.4. The van der Waals surface area contributed by atoms with Crippen molar-refractivity contribution in [3.8, 4) is 0 Å². The molecule has 6 saturated heterocycles. The van der Waals surface area contributed by atoms with Crippen molar-refractivity contribution in [1.82, 2.24) is 44.1 Å². The van der Waals surface area contributed by atoms with E-state index < -0.39 is 15.2 Å². The molecule has 21 heteroatoms. The van der Waals surface area contributed by atoms with E-state index in [9.17, 15) is 51.8 Å². The number of carbonyl (C=O) groups is 9. The molecule has 6 aliphatic carbocycles. The summed E-state index contributed by atoms with van der Waals surface area (Å²) in [5.74, 6) is 10.1. The number of carbonyl (C=O) groups excluding carboxylic acids is 9. The molecule has 6 aliphatic heterocycles. The molecule has 12 rings (SSSR count). The first-order chi connectivity index (χ1) is 59.4. The number of rotatable bonds is 12. The van der Waals surface area contributed by atoms with Crippen LogP contribution in [0.15, 0.2) is 95.2 Å². The van der Waals surface area contributed by atoms with Crippen LogP contribution >= 0.6 is 0 Å². The third-order valence-electron chi connectivity index (χ3n) is 31.3. The first-order valence-corrected chi connectivity index (χ1v) is 51.4. The quantitative estimate of drug-likeness (QED) is 0.134. The van der Waals surface area contributed by atoms with Crippen LogP contribution in [0.5, 0.6) is 0 Å². The van der Waals surface area contributed by atoms with Gasteiger partial charge < -0.3 is 44.1 Å². The molecular formula is C106H174FN9O10S. The third-order valence-corrected chi connectivity index (χ3v) is 33.2. The highest BCUT2D eigenvalue weighted by atomic mass is 32.2. The summed E-state index contributed by atoms with van der Waals surface area (Å²) in [4.78, 5) is 124. The lowest BCUT2D eigenvalue weighted by atomic mass is 9.64. The van der Waals surface area contributed by atoms with E-state index in [-0.39, 0.29) is 85.7 Å². The molecule has 0 aromatic carbocycles. The van der Waals surface area contributed by atoms with Crippen LogP contribution in [0.2, 0.25) is 0 Å². The molecule has 4 saturated carbocycles. The number of halogens is 1. The van der Waals surface area contributed by atoms with Crippen molar-refractivity contribution in [3.63, 3.8) is 0 Å². The lowest BCUT2D eigenvalue weighted by Crippen LogP contribution is -2.49. The van der Waals surface area contributed by atoms with Crippen LogP contribution in [0.25, 0.3) is 0 Å². The minimum absolute atomic E-state index is 0.0205. The molecule has 0 spiro atoms. The topological polar surface area (TPSA) is 200 Å². The summed E-state index contributed by atoms with van der Waals surface area (Å²) in [5.41, 5.74) is 5.91. The molecule has 19 nitrogen and oxygen atoms in total. The Hall–Kier alpha value is -6.90. The van der Waals surface area contributed by atoms with Crippen LogP contribution in [0.4, 0.5) is 4.39 Å². The molecule has 0 N–H and O–H groups in total. The summed E-state index contributed by atoms with van der Waals surface area (Å²) in [5, 5.41) is 0. The fourth-order valence-electron chi connectivity index (χ4n) is 22.5. The fourth-order valence-corrected chi connectivity index (χ4v) is 23.8. The maximum Gasteiger partial charge on any atom is 0.246 e. The highest BCUT2D eigenvalue weighted by Crippen LogP contribution is 2.49. The molecule has 8 atom stereocenters. The number of amides is 9. The summed E-state index contributed by atoms with van der Waals surface area (Å²) in [6.45, 7) is 59.4. The van der Waals surface area contributed by atoms with Gasteiger partial charge in [0.15, 0.2) is 0 Å². The molecule has 6 heterocycles. The Labute approximate surface area is 770 Å². The van der Waals surface area contributed by atoms with Gasteiger partial charge in [0.2, 0.25) is 53.2 Å². The second-order valence-corrected chi connectivity index (χ2v) is 47.1. The molecule has 9 amide bonds. The van der Waals surface area contributed by atoms with E-state index >= 15 is 0 Å². The van der Waals surface area contributed by atoms with Crippen LogP contribution in [-0.2, 0) is 52.7 Å². The van der Waals surface area contributed by atoms with Gasteiger partial charge >= 0.3 is 0 Å². The normalized spacial score (nSPS) is 28.2. The lowest BCUT2D eigenvalue weighted by Gasteiger charge is -2.41. The highest BCUT2D eigenvalue weighted by molar-refractivity contribution is 8.00. The summed E-state index contributed by atoms with van der Waals surface area (Å²) in [6, 6.07) is 0. The molecule has 0 aromatic heterocycles. The van der Waals surface area contributed by atoms with Crippen molar-refractivity contribution >= 4 is 68.6 Å². The molecule has 716 valence electrons. The van der Waals surface area contributed by atoms with Gasteiger partial charge in [-0.05, 0) is 248 Å². The lowest BCUT2D eigenvalue weighted by molar-refractivity contribution is -0.135. The molecule has 10 fully saturated rings. The molecule has 0 aromatic rings. The van der Waals surface area contributed by atoms with Crippen LogP contribution in [0.1, 0.15) is 300 Å². The van der Waals surface area contributed by atoms with Crippen molar-refractivity contribution in [3.05, 3.63) is 95.2 Å². The van der Waals surface area contributed by atoms with Crippen molar-refractivity contribution in [1.29, 1.82) is 0 Å². The monoisotopic (exact) mass is 1780 g/mol. The van der Waals surface area contributed by atoms with Gasteiger partial charge in [-0.15, -0.1) is 0 Å². The Kier molecular flexibility index (Phi) is 40.5. The van der Waals surface area contributed by atoms with Gasteiger partial charge in [-0.25, -0.2) is 4.39 Å². The highest BCUT2D eigenvalue weighted by Gasteiger charge is 2.41. The predicted octanol–water partition coefficient (Wildman–Crippen LogP) is 19.2. The number of alkyl halides is 1. The van der Waals surface area contributed by atoms with Crippen LogP contribution in [-0.4, -0.2) is 242 Å². The fraction of sp³-hybridized carbons (Fsp3) is 0.755. The van der Waals surface area contributed by atoms with E-state index in [4.69, 9.17) is 0 Å². The number of piperazine rings is 3. The molecule has 4 unspecified atom stereocenters. The maximum absolute atomic E-state index is 13.8. The summed E-state index contributed by atoms with van der Waals surface area (Å²) in [6.07, 6.45) is 50.0. The average molecular weight is 1790 g/mol. The Morgan fingerprint density at radius 3 is 0.803 bits per heavy atom. The zero-order valence-electron chi connectivity index (χ0n) is 83.6. The second kappa shape index (κ2) is 48.0. The minimum atomic E-state index is -1.93. The van der Waals surface area contributed by atoms with E-state index in [1.54, 1.807) is 83.8 Å². The smallest absolute Gasteiger partial charge is 0.246 e. The van der Waals surface area contributed by atoms with Crippen molar-refractivity contribution in [2.24, 2.45) is 79.8 Å². The van der Waals surface area contributed by atoms with Gasteiger partial charge in [0.25, 0.3) is 0 Å². The summed E-state index contributed by atoms with van der Waals surface area (Å²) < 4.78 is 25.6. The number of nitrogens with zero attached hydrogens (tertiary/aromatic N) is 9. The van der Waals surface area contributed by atoms with Gasteiger partial charge in [-0.1, -0.05) is 210 Å². The predicted molar refractivity (Wildman–Crippen MR) is 520 cm³/mol. The molecular weight excluding hydrogens is 1610 g/mol. The second-order valence-electron chi connectivity index (χ2n) is 44.3. The molecule has 12 aliphatic rings. The molecule has 0 radical (unpaired) electrons. The van der Waals surface area contributed by atoms with E-state index in [0.29, 0.717) is 176 Å². The Morgan fingerprint density at radius 2 is 0.551 bits per heavy atom. The SMILES string of the molecule is C=S1(=O)CCN(C(=O)/C=C/C2C(C)CCCC2(C)C)CC1.CC(=O)N1CCN(C(=O)/C=C/C2C(C)CCCC2(C)C)CC1.CC(=O)N1CCN(C(=O)/C=C/[C@@H]2[C@@H](C)CCCC2(C)C)CC1.CC(=O)N1CCN(C(=O)/C=C/[C@H]2[C@H](C)CCCC2(C)C)CC1.CC1=C(/C=C/C(=O)N2CCC(C)(F)CC2)C(C)(C)CCC1.CC1=C(/C=C/C(=O)N2CCCCC2)C(C)(C)CCC1. The van der Waals surface area contributed by atoms with Gasteiger partial charge in [-0.3, -0.25) is 47.4 Å². The third kappa shape index (κ3) is 32.8. The van der Waals surface area contributed by atoms with Gasteiger partial charge in [0.05, 0.1) is 0 Å². The number of hydrogen-bond donors (Lipinski definition) is 0. The Morgan fingerprint density at radius 1 is 0.315 bits per heavy atom. The summed E-state index contributed by atoms with van der Waals surface area (Å²) >= 11 is 0. The van der Waals surface area contributed by atoms with Crippen LogP contribution < -0.4 is 0 Å². The van der Waals surface area contributed by atoms with Gasteiger partial charge in [0.1, 0.15) is 5.67 Å². The molecule has 127 heavy (non-hydrogen) atoms. The van der Waals surface area contributed by atoms with Gasteiger partial charge in [0, 0.05) is 162 Å². The van der Waals surface area contributed by atoms with E-state index in [0.717, 1.165) is 32.4 Å². The summed E-state index contributed by atoms with van der Waals surface area (Å²) in [7, 11) is -1.93. The van der Waals surface area contributed by atoms with Crippen molar-refractivity contribution in [2.75, 3.05) is 129 Å². The minimum Gasteiger partial charge on any atom is -0.339 e. The largest absolute Gasteiger partial charge is 0.339 e. The Balaban J connectivity index is 0.000000209. The number of allylic oxidation sites excluding steroid dienone is 10. The van der Waals surface area contributed by atoms with Crippen LogP contribution in [0, 0.1) is 79.8 Å². The average Bonchev–Trinajstić information content (AvgIpc) is 0.834. The number of hydrogen-bond acceptors (Lipinski definition) is 10. The zero-order chi connectivity index (χ0) is 94.2. The number of likely N-dealkylation sites (tertiary alicyclic amines) is 2. The Bertz CT molecular complexity index is 3840. The maximum atomic E-state index is 13.8. The van der Waals surface area contributed by atoms with Crippen LogP contribution in [0.3, 0.4) is 0 Å². The van der Waals surface area contributed by atoms with E-state index in [1.165, 1.54) is 138 Å². The van der Waals surface area contributed by atoms with Gasteiger partial charge in [-0.2, -0.15) is 0 Å². The van der Waals surface area contributed by atoms with Crippen molar-refractivity contribution in [2.45, 2.75) is 306 Å². The zero-order valence-corrected chi connectivity index (χ0v) is 84.4. The van der Waals surface area contributed by atoms with Crippen molar-refractivity contribution < 1.29 is 51.8 Å². The van der Waals surface area contributed by atoms with E-state index in [1.807, 2.05) is 30.6 Å². The number of piperidine rings is 2. The standard InChI is InChI=1S/C18H28FNO.3C18H30N2O2.C17H29NO2S.C17H27NO/c1-14-6-5-9-17(2,3)15(14)7-8-16(21)20-12-10-18(4,19)11-13-20;3*1-14-6-5-9-18(3,4)16(14)7-8-17(22)20-12-10-19(11-13-20)15(2)21;1-14-6-5-9-17(2,3)15(14)7-8-16(19)18-10-12-21(4,20)13-11-18;1-14-8-7-11-17(2,3)15(14)9-10-16(19)18-12-5-4-6-13-18/h7-8H,5-6,9-13H2,1-4H3;3*7-8,14,16H,5-6,9-13H2,1-4H3;7-8,14-15H,4-6,9-13H2,1-3H3;9-10H,4-8,11-13H2,1-3H3/b5*8-7+;10-9+/t;2*14-,16+;;;/m.10.../s1. The first kappa shape index (κ1) is 107. The molecule has 0 bridgehead atoms.